The number of hydrogen-bond acceptors (Lipinski definition) is 5. The number of likely N-dealkylation sites (tertiary alicyclic amines) is 1. The van der Waals surface area contributed by atoms with Crippen LogP contribution in [-0.2, 0) is 11.3 Å². The molecule has 0 aliphatic carbocycles. The minimum Gasteiger partial charge on any atom is -0.454 e. The van der Waals surface area contributed by atoms with E-state index < -0.39 is 0 Å². The quantitative estimate of drug-likeness (QED) is 0.627. The van der Waals surface area contributed by atoms with Crippen LogP contribution in [0, 0.1) is 0 Å². The zero-order valence-electron chi connectivity index (χ0n) is 16.7. The molecule has 1 aromatic carbocycles. The molecule has 8 heteroatoms. The van der Waals surface area contributed by atoms with E-state index in [-0.39, 0.29) is 17.9 Å². The molecule has 0 bridgehead atoms. The average molecular weight is 407 g/mol. The van der Waals surface area contributed by atoms with E-state index >= 15 is 0 Å². The van der Waals surface area contributed by atoms with E-state index in [1.165, 1.54) is 0 Å². The van der Waals surface area contributed by atoms with E-state index in [0.29, 0.717) is 24.6 Å². The van der Waals surface area contributed by atoms with Crippen molar-refractivity contribution >= 4 is 17.5 Å². The van der Waals surface area contributed by atoms with Gasteiger partial charge in [0.2, 0.25) is 5.91 Å². The number of nitrogens with one attached hydrogen (secondary N) is 2. The van der Waals surface area contributed by atoms with Crippen LogP contribution in [0.15, 0.2) is 65.3 Å². The van der Waals surface area contributed by atoms with Crippen molar-refractivity contribution in [3.8, 4) is 0 Å². The molecule has 2 N–H and O–H groups in total. The highest BCUT2D eigenvalue weighted by atomic mass is 16.4. The maximum absolute atomic E-state index is 12.5. The van der Waals surface area contributed by atoms with Gasteiger partial charge < -0.3 is 15.1 Å². The van der Waals surface area contributed by atoms with Crippen molar-refractivity contribution in [2.45, 2.75) is 25.4 Å². The molecule has 30 heavy (non-hydrogen) atoms. The van der Waals surface area contributed by atoms with E-state index in [4.69, 9.17) is 4.42 Å². The maximum Gasteiger partial charge on any atom is 0.287 e. The molecule has 2 amide bonds. The molecule has 3 aromatic rings. The van der Waals surface area contributed by atoms with Gasteiger partial charge in [0.1, 0.15) is 5.76 Å². The highest BCUT2D eigenvalue weighted by Crippen LogP contribution is 2.14. The fourth-order valence-electron chi connectivity index (χ4n) is 3.56. The lowest BCUT2D eigenvalue weighted by atomic mass is 10.0. The summed E-state index contributed by atoms with van der Waals surface area (Å²) in [4.78, 5) is 26.8. The summed E-state index contributed by atoms with van der Waals surface area (Å²) in [5.41, 5.74) is 0.801. The van der Waals surface area contributed by atoms with Crippen molar-refractivity contribution in [1.82, 2.24) is 20.0 Å². The normalized spacial score (nSPS) is 15.1. The summed E-state index contributed by atoms with van der Waals surface area (Å²) >= 11 is 0. The van der Waals surface area contributed by atoms with Gasteiger partial charge in [-0.2, -0.15) is 5.10 Å². The molecule has 1 fully saturated rings. The van der Waals surface area contributed by atoms with Crippen LogP contribution in [0.25, 0.3) is 0 Å². The van der Waals surface area contributed by atoms with Crippen molar-refractivity contribution in [1.29, 1.82) is 0 Å². The van der Waals surface area contributed by atoms with Gasteiger partial charge in [0.25, 0.3) is 5.91 Å². The molecule has 0 unspecified atom stereocenters. The highest BCUT2D eigenvalue weighted by molar-refractivity contribution is 5.92. The summed E-state index contributed by atoms with van der Waals surface area (Å²) in [6, 6.07) is 14.8. The number of furan rings is 1. The van der Waals surface area contributed by atoms with Crippen LogP contribution in [-0.4, -0.2) is 52.2 Å². The standard InChI is InChI=1S/C22H25N5O3/c28-21(24-17-5-2-1-3-6-17)16-26-13-9-18(10-14-26)25-22(29)20-8-7-19(30-20)15-27-12-4-11-23-27/h1-8,11-12,18H,9-10,13-16H2,(H,24,28)(H,25,29). The van der Waals surface area contributed by atoms with Crippen LogP contribution in [0.4, 0.5) is 5.69 Å². The van der Waals surface area contributed by atoms with Crippen LogP contribution < -0.4 is 10.6 Å². The van der Waals surface area contributed by atoms with Gasteiger partial charge in [-0.25, -0.2) is 0 Å². The molecule has 156 valence electrons. The van der Waals surface area contributed by atoms with Gasteiger partial charge >= 0.3 is 0 Å². The summed E-state index contributed by atoms with van der Waals surface area (Å²) in [6.45, 7) is 2.36. The summed E-state index contributed by atoms with van der Waals surface area (Å²) in [6.07, 6.45) is 5.14. The molecule has 0 atom stereocenters. The Bertz CT molecular complexity index is 960. The molecule has 4 rings (SSSR count). The Labute approximate surface area is 174 Å². The molecular formula is C22H25N5O3. The monoisotopic (exact) mass is 407 g/mol. The predicted molar refractivity (Wildman–Crippen MR) is 112 cm³/mol. The summed E-state index contributed by atoms with van der Waals surface area (Å²) in [5.74, 6) is 0.760. The predicted octanol–water partition coefficient (Wildman–Crippen LogP) is 2.36. The summed E-state index contributed by atoms with van der Waals surface area (Å²) < 4.78 is 7.39. The Morgan fingerprint density at radius 1 is 1.07 bits per heavy atom. The Kier molecular flexibility index (Phi) is 6.24. The molecule has 0 radical (unpaired) electrons. The van der Waals surface area contributed by atoms with Gasteiger partial charge in [-0.05, 0) is 43.2 Å². The average Bonchev–Trinajstić information content (AvgIpc) is 3.43. The number of nitrogens with zero attached hydrogens (tertiary/aromatic N) is 3. The molecule has 1 saturated heterocycles. The number of rotatable bonds is 7. The van der Waals surface area contributed by atoms with Gasteiger partial charge in [-0.15, -0.1) is 0 Å². The van der Waals surface area contributed by atoms with E-state index in [0.717, 1.165) is 31.6 Å². The van der Waals surface area contributed by atoms with Crippen LogP contribution in [0.1, 0.15) is 29.2 Å². The number of carbonyl (C=O) groups excluding carboxylic acids is 2. The molecule has 0 saturated carbocycles. The third-order valence-corrected chi connectivity index (χ3v) is 5.11. The molecule has 1 aliphatic heterocycles. The minimum atomic E-state index is -0.206. The lowest BCUT2D eigenvalue weighted by Gasteiger charge is -2.31. The molecule has 1 aliphatic rings. The Morgan fingerprint density at radius 3 is 2.60 bits per heavy atom. The number of aromatic nitrogens is 2. The second-order valence-corrected chi connectivity index (χ2v) is 7.41. The van der Waals surface area contributed by atoms with Crippen molar-refractivity contribution in [3.63, 3.8) is 0 Å². The SMILES string of the molecule is O=C(CN1CCC(NC(=O)c2ccc(Cn3cccn3)o2)CC1)Nc1ccccc1. The molecule has 8 nitrogen and oxygen atoms in total. The second-order valence-electron chi connectivity index (χ2n) is 7.41. The summed E-state index contributed by atoms with van der Waals surface area (Å²) in [5, 5.41) is 10.1. The third kappa shape index (κ3) is 5.36. The number of benzene rings is 1. The van der Waals surface area contributed by atoms with Gasteiger partial charge in [0.05, 0.1) is 13.1 Å². The number of hydrogen-bond donors (Lipinski definition) is 2. The van der Waals surface area contributed by atoms with Crippen molar-refractivity contribution in [3.05, 3.63) is 72.4 Å². The van der Waals surface area contributed by atoms with Crippen LogP contribution in [0.3, 0.4) is 0 Å². The summed E-state index contributed by atoms with van der Waals surface area (Å²) in [7, 11) is 0. The zero-order valence-corrected chi connectivity index (χ0v) is 16.7. The molecular weight excluding hydrogens is 382 g/mol. The number of piperidine rings is 1. The maximum atomic E-state index is 12.5. The van der Waals surface area contributed by atoms with Crippen LogP contribution >= 0.6 is 0 Å². The van der Waals surface area contributed by atoms with E-state index in [2.05, 4.69) is 20.6 Å². The lowest BCUT2D eigenvalue weighted by molar-refractivity contribution is -0.117. The van der Waals surface area contributed by atoms with Crippen molar-refractivity contribution < 1.29 is 14.0 Å². The van der Waals surface area contributed by atoms with Crippen LogP contribution in [0.5, 0.6) is 0 Å². The Balaban J connectivity index is 1.20. The fourth-order valence-corrected chi connectivity index (χ4v) is 3.56. The second kappa shape index (κ2) is 9.41. The van der Waals surface area contributed by atoms with Crippen molar-refractivity contribution in [2.24, 2.45) is 0 Å². The molecule has 2 aromatic heterocycles. The van der Waals surface area contributed by atoms with Crippen LogP contribution in [0.2, 0.25) is 0 Å². The molecule has 3 heterocycles. The van der Waals surface area contributed by atoms with Gasteiger partial charge in [-0.3, -0.25) is 19.2 Å². The first-order chi connectivity index (χ1) is 14.7. The van der Waals surface area contributed by atoms with Gasteiger partial charge in [-0.1, -0.05) is 18.2 Å². The Hall–Kier alpha value is -3.39. The van der Waals surface area contributed by atoms with Crippen molar-refractivity contribution in [2.75, 3.05) is 25.0 Å². The smallest absolute Gasteiger partial charge is 0.287 e. The Morgan fingerprint density at radius 2 is 1.87 bits per heavy atom. The first-order valence-electron chi connectivity index (χ1n) is 10.1. The zero-order chi connectivity index (χ0) is 20.8. The fraction of sp³-hybridized carbons (Fsp3) is 0.318. The topological polar surface area (TPSA) is 92.4 Å². The number of amides is 2. The van der Waals surface area contributed by atoms with E-state index in [1.807, 2.05) is 42.6 Å². The minimum absolute atomic E-state index is 0.0241. The van der Waals surface area contributed by atoms with Gasteiger partial charge in [0, 0.05) is 37.2 Å². The lowest BCUT2D eigenvalue weighted by Crippen LogP contribution is -2.46. The van der Waals surface area contributed by atoms with Gasteiger partial charge in [0.15, 0.2) is 5.76 Å². The molecule has 0 spiro atoms. The largest absolute Gasteiger partial charge is 0.454 e. The van der Waals surface area contributed by atoms with E-state index in [9.17, 15) is 9.59 Å². The first-order valence-corrected chi connectivity index (χ1v) is 10.1. The number of anilines is 1. The number of para-hydroxylation sites is 1. The first kappa shape index (κ1) is 19.9. The third-order valence-electron chi connectivity index (χ3n) is 5.11. The highest BCUT2D eigenvalue weighted by Gasteiger charge is 2.23. The van der Waals surface area contributed by atoms with E-state index in [1.54, 1.807) is 23.0 Å². The number of carbonyl (C=O) groups is 2.